The van der Waals surface area contributed by atoms with Crippen LogP contribution in [0.15, 0.2) is 82.0 Å². The number of nitrogens with one attached hydrogen (secondary N) is 1. The SMILES string of the molecule is C=C/C=C(\C(CCCC)N[S@](=O)c1ccc(C)cc1)[S@@](=O)c1ccc(C)cc1. The number of hydrogen-bond donors (Lipinski definition) is 1. The summed E-state index contributed by atoms with van der Waals surface area (Å²) in [4.78, 5) is 2.15. The molecule has 1 N–H and O–H groups in total. The molecule has 0 heterocycles. The summed E-state index contributed by atoms with van der Waals surface area (Å²) in [6.07, 6.45) is 6.15. The van der Waals surface area contributed by atoms with Crippen LogP contribution >= 0.6 is 0 Å². The second-order valence-corrected chi connectivity index (χ2v) is 9.51. The van der Waals surface area contributed by atoms with Gasteiger partial charge in [-0.1, -0.05) is 67.8 Å². The van der Waals surface area contributed by atoms with Gasteiger partial charge in [-0.3, -0.25) is 0 Å². The normalized spacial score (nSPS) is 15.0. The lowest BCUT2D eigenvalue weighted by Gasteiger charge is -2.21. The zero-order chi connectivity index (χ0) is 20.5. The minimum Gasteiger partial charge on any atom is -0.249 e. The number of aryl methyl sites for hydroxylation is 2. The molecule has 0 aliphatic rings. The Bertz CT molecular complexity index is 855. The van der Waals surface area contributed by atoms with Gasteiger partial charge in [0.25, 0.3) is 0 Å². The van der Waals surface area contributed by atoms with Gasteiger partial charge < -0.3 is 0 Å². The van der Waals surface area contributed by atoms with E-state index in [-0.39, 0.29) is 6.04 Å². The van der Waals surface area contributed by atoms with Crippen molar-refractivity contribution in [2.75, 3.05) is 0 Å². The van der Waals surface area contributed by atoms with E-state index in [0.29, 0.717) is 9.80 Å². The van der Waals surface area contributed by atoms with Gasteiger partial charge in [-0.15, -0.1) is 0 Å². The third-order valence-corrected chi connectivity index (χ3v) is 7.15. The first kappa shape index (κ1) is 22.5. The Balaban J connectivity index is 2.30. The van der Waals surface area contributed by atoms with Crippen LogP contribution in [-0.2, 0) is 21.8 Å². The fraction of sp³-hybridized carbons (Fsp3) is 0.304. The summed E-state index contributed by atoms with van der Waals surface area (Å²) in [7, 11) is -2.73. The lowest BCUT2D eigenvalue weighted by Crippen LogP contribution is -2.34. The van der Waals surface area contributed by atoms with Crippen LogP contribution in [0, 0.1) is 13.8 Å². The molecule has 28 heavy (non-hydrogen) atoms. The average molecular weight is 416 g/mol. The van der Waals surface area contributed by atoms with Crippen LogP contribution in [0.4, 0.5) is 0 Å². The third-order valence-electron chi connectivity index (χ3n) is 4.41. The van der Waals surface area contributed by atoms with Gasteiger partial charge in [0.05, 0.1) is 21.7 Å². The van der Waals surface area contributed by atoms with Crippen LogP contribution in [0.1, 0.15) is 37.3 Å². The topological polar surface area (TPSA) is 46.2 Å². The summed E-state index contributed by atoms with van der Waals surface area (Å²) in [6, 6.07) is 15.0. The van der Waals surface area contributed by atoms with Crippen molar-refractivity contribution >= 4 is 21.8 Å². The van der Waals surface area contributed by atoms with E-state index in [9.17, 15) is 8.42 Å². The Morgan fingerprint density at radius 3 is 2.04 bits per heavy atom. The highest BCUT2D eigenvalue weighted by Gasteiger charge is 2.22. The molecule has 3 atom stereocenters. The van der Waals surface area contributed by atoms with E-state index in [2.05, 4.69) is 18.2 Å². The summed E-state index contributed by atoms with van der Waals surface area (Å²) in [5, 5.41) is 0. The first-order valence-electron chi connectivity index (χ1n) is 9.52. The molecule has 0 aliphatic carbocycles. The van der Waals surface area contributed by atoms with Crippen molar-refractivity contribution in [3.8, 4) is 0 Å². The molecule has 150 valence electrons. The molecule has 0 aromatic heterocycles. The summed E-state index contributed by atoms with van der Waals surface area (Å²) in [5.41, 5.74) is 2.24. The fourth-order valence-corrected chi connectivity index (χ4v) is 5.16. The molecule has 0 fully saturated rings. The quantitative estimate of drug-likeness (QED) is 0.532. The number of unbranched alkanes of at least 4 members (excludes halogenated alkanes) is 1. The molecule has 0 aliphatic heterocycles. The average Bonchev–Trinajstić information content (AvgIpc) is 2.70. The van der Waals surface area contributed by atoms with Crippen molar-refractivity contribution in [3.05, 3.63) is 83.3 Å². The fourth-order valence-electron chi connectivity index (χ4n) is 2.75. The summed E-state index contributed by atoms with van der Waals surface area (Å²) < 4.78 is 29.4. The second kappa shape index (κ2) is 11.2. The van der Waals surface area contributed by atoms with Gasteiger partial charge in [-0.2, -0.15) is 0 Å². The maximum absolute atomic E-state index is 13.3. The van der Waals surface area contributed by atoms with Crippen LogP contribution < -0.4 is 4.72 Å². The number of benzene rings is 2. The second-order valence-electron chi connectivity index (χ2n) is 6.78. The minimum absolute atomic E-state index is 0.262. The molecular weight excluding hydrogens is 386 g/mol. The van der Waals surface area contributed by atoms with Crippen molar-refractivity contribution in [3.63, 3.8) is 0 Å². The van der Waals surface area contributed by atoms with E-state index in [1.165, 1.54) is 0 Å². The Labute approximate surface area is 174 Å². The summed E-state index contributed by atoms with van der Waals surface area (Å²) >= 11 is 0. The lowest BCUT2D eigenvalue weighted by atomic mass is 10.1. The molecule has 0 amide bonds. The van der Waals surface area contributed by atoms with Crippen molar-refractivity contribution in [1.82, 2.24) is 4.72 Å². The van der Waals surface area contributed by atoms with E-state index < -0.39 is 21.8 Å². The molecule has 0 saturated heterocycles. The Kier molecular flexibility index (Phi) is 9.03. The maximum Gasteiger partial charge on any atom is 0.125 e. The highest BCUT2D eigenvalue weighted by atomic mass is 32.2. The summed E-state index contributed by atoms with van der Waals surface area (Å²) in [5.74, 6) is 0. The van der Waals surface area contributed by atoms with Crippen molar-refractivity contribution in [2.24, 2.45) is 0 Å². The van der Waals surface area contributed by atoms with E-state index >= 15 is 0 Å². The van der Waals surface area contributed by atoms with Crippen molar-refractivity contribution in [2.45, 2.75) is 55.9 Å². The molecule has 1 unspecified atom stereocenters. The first-order valence-corrected chi connectivity index (χ1v) is 11.8. The van der Waals surface area contributed by atoms with E-state index in [0.717, 1.165) is 35.3 Å². The van der Waals surface area contributed by atoms with E-state index in [1.807, 2.05) is 62.4 Å². The van der Waals surface area contributed by atoms with Gasteiger partial charge in [0.1, 0.15) is 11.0 Å². The van der Waals surface area contributed by atoms with Gasteiger partial charge in [-0.25, -0.2) is 13.1 Å². The molecule has 3 nitrogen and oxygen atoms in total. The van der Waals surface area contributed by atoms with Crippen LogP contribution in [0.3, 0.4) is 0 Å². The molecule has 0 saturated carbocycles. The minimum atomic E-state index is -1.39. The van der Waals surface area contributed by atoms with Gasteiger partial charge in [0, 0.05) is 9.80 Å². The van der Waals surface area contributed by atoms with E-state index in [4.69, 9.17) is 0 Å². The van der Waals surface area contributed by atoms with E-state index in [1.54, 1.807) is 12.2 Å². The molecule has 0 bridgehead atoms. The zero-order valence-corrected chi connectivity index (χ0v) is 18.4. The molecule has 0 spiro atoms. The first-order chi connectivity index (χ1) is 13.5. The molecule has 0 radical (unpaired) electrons. The van der Waals surface area contributed by atoms with Gasteiger partial charge in [0.15, 0.2) is 0 Å². The zero-order valence-electron chi connectivity index (χ0n) is 16.8. The van der Waals surface area contributed by atoms with Crippen LogP contribution in [0.2, 0.25) is 0 Å². The molecular formula is C23H29NO2S2. The summed E-state index contributed by atoms with van der Waals surface area (Å²) in [6.45, 7) is 9.90. The number of allylic oxidation sites excluding steroid dienone is 2. The predicted molar refractivity (Wildman–Crippen MR) is 120 cm³/mol. The van der Waals surface area contributed by atoms with Gasteiger partial charge in [-0.05, 0) is 50.6 Å². The third kappa shape index (κ3) is 6.36. The predicted octanol–water partition coefficient (Wildman–Crippen LogP) is 5.35. The highest BCUT2D eigenvalue weighted by molar-refractivity contribution is 7.89. The Morgan fingerprint density at radius 2 is 1.54 bits per heavy atom. The van der Waals surface area contributed by atoms with Crippen LogP contribution in [0.25, 0.3) is 0 Å². The van der Waals surface area contributed by atoms with Crippen molar-refractivity contribution < 1.29 is 8.42 Å². The monoisotopic (exact) mass is 415 g/mol. The smallest absolute Gasteiger partial charge is 0.125 e. The van der Waals surface area contributed by atoms with Crippen molar-refractivity contribution in [1.29, 1.82) is 0 Å². The lowest BCUT2D eigenvalue weighted by molar-refractivity contribution is 0.597. The number of hydrogen-bond acceptors (Lipinski definition) is 2. The molecule has 2 rings (SSSR count). The van der Waals surface area contributed by atoms with Crippen LogP contribution in [-0.4, -0.2) is 14.5 Å². The number of rotatable bonds is 10. The van der Waals surface area contributed by atoms with Gasteiger partial charge >= 0.3 is 0 Å². The molecule has 5 heteroatoms. The van der Waals surface area contributed by atoms with Gasteiger partial charge in [0.2, 0.25) is 0 Å². The Hall–Kier alpha value is -1.82. The highest BCUT2D eigenvalue weighted by Crippen LogP contribution is 2.22. The maximum atomic E-state index is 13.3. The standard InChI is InChI=1S/C23H29NO2S2/c1-5-7-9-22(24-28(26)21-16-12-19(4)13-17-21)23(8-6-2)27(25)20-14-10-18(3)11-15-20/h6,8,10-17,22,24H,2,5,7,9H2,1,3-4H3/b23-8+/t22?,27-,28+/m0/s1. The Morgan fingerprint density at radius 1 is 1.00 bits per heavy atom. The largest absolute Gasteiger partial charge is 0.249 e. The van der Waals surface area contributed by atoms with Crippen LogP contribution in [0.5, 0.6) is 0 Å². The molecule has 2 aromatic carbocycles. The molecule has 2 aromatic rings.